The predicted molar refractivity (Wildman–Crippen MR) is 94.3 cm³/mol. The third kappa shape index (κ3) is 3.12. The smallest absolute Gasteiger partial charge is 0.335 e. The van der Waals surface area contributed by atoms with Crippen molar-refractivity contribution in [2.45, 2.75) is 22.5 Å². The van der Waals surface area contributed by atoms with Gasteiger partial charge in [0.05, 0.1) is 16.9 Å². The van der Waals surface area contributed by atoms with E-state index in [1.54, 1.807) is 23.9 Å². The lowest BCUT2D eigenvalue weighted by molar-refractivity contribution is -0.137. The number of hydrogen-bond acceptors (Lipinski definition) is 2. The molecule has 1 aliphatic rings. The number of nitrogens with zero attached hydrogens (tertiary/aromatic N) is 1. The van der Waals surface area contributed by atoms with Crippen LogP contribution in [0.15, 0.2) is 82.6 Å². The van der Waals surface area contributed by atoms with Crippen LogP contribution in [0, 0.1) is 0 Å². The maximum absolute atomic E-state index is 12.8. The number of halogens is 3. The monoisotopic (exact) mass is 357 g/mol. The minimum Gasteiger partial charge on any atom is -0.335 e. The van der Waals surface area contributed by atoms with E-state index in [-0.39, 0.29) is 0 Å². The first-order valence-electron chi connectivity index (χ1n) is 7.82. The van der Waals surface area contributed by atoms with Crippen LogP contribution in [0.25, 0.3) is 0 Å². The third-order valence-electron chi connectivity index (χ3n) is 4.15. The molecule has 0 unspecified atom stereocenters. The maximum atomic E-state index is 12.8. The van der Waals surface area contributed by atoms with Gasteiger partial charge in [0.15, 0.2) is 0 Å². The van der Waals surface area contributed by atoms with Crippen LogP contribution >= 0.6 is 11.8 Å². The van der Waals surface area contributed by atoms with Crippen molar-refractivity contribution in [1.29, 1.82) is 0 Å². The van der Waals surface area contributed by atoms with Crippen LogP contribution in [0.4, 0.5) is 24.5 Å². The normalized spacial score (nSPS) is 13.3. The van der Waals surface area contributed by atoms with E-state index in [9.17, 15) is 13.2 Å². The van der Waals surface area contributed by atoms with Crippen molar-refractivity contribution < 1.29 is 13.2 Å². The van der Waals surface area contributed by atoms with E-state index < -0.39 is 11.7 Å². The average molecular weight is 357 g/mol. The van der Waals surface area contributed by atoms with E-state index in [0.717, 1.165) is 38.9 Å². The molecular formula is C20H14F3NS. The standard InChI is InChI=1S/C20H14F3NS/c21-20(22,23)15-11-9-14(10-12-15)13-24-16-5-1-3-7-18(16)25-19-8-4-2-6-17(19)24/h1-12H,13H2. The highest BCUT2D eigenvalue weighted by Crippen LogP contribution is 2.48. The van der Waals surface area contributed by atoms with E-state index in [2.05, 4.69) is 17.0 Å². The fraction of sp³-hybridized carbons (Fsp3) is 0.100. The van der Waals surface area contributed by atoms with Gasteiger partial charge in [-0.1, -0.05) is 48.2 Å². The van der Waals surface area contributed by atoms with Crippen LogP contribution in [0.5, 0.6) is 0 Å². The quantitative estimate of drug-likeness (QED) is 0.514. The van der Waals surface area contributed by atoms with E-state index in [4.69, 9.17) is 0 Å². The zero-order valence-electron chi connectivity index (χ0n) is 13.1. The summed E-state index contributed by atoms with van der Waals surface area (Å²) < 4.78 is 38.3. The SMILES string of the molecule is FC(F)(F)c1ccc(CN2c3ccccc3Sc3ccccc32)cc1. The summed E-state index contributed by atoms with van der Waals surface area (Å²) in [5.74, 6) is 0. The lowest BCUT2D eigenvalue weighted by atomic mass is 10.1. The fourth-order valence-corrected chi connectivity index (χ4v) is 4.03. The number of alkyl halides is 3. The highest BCUT2D eigenvalue weighted by Gasteiger charge is 2.30. The molecule has 25 heavy (non-hydrogen) atoms. The van der Waals surface area contributed by atoms with Crippen molar-refractivity contribution >= 4 is 23.1 Å². The van der Waals surface area contributed by atoms with Gasteiger partial charge in [0.25, 0.3) is 0 Å². The highest BCUT2D eigenvalue weighted by molar-refractivity contribution is 7.99. The Hall–Kier alpha value is -2.40. The summed E-state index contributed by atoms with van der Waals surface area (Å²) >= 11 is 1.71. The average Bonchev–Trinajstić information content (AvgIpc) is 2.61. The molecule has 0 atom stereocenters. The second-order valence-electron chi connectivity index (χ2n) is 5.82. The summed E-state index contributed by atoms with van der Waals surface area (Å²) in [6, 6.07) is 21.6. The minimum absolute atomic E-state index is 0.521. The van der Waals surface area contributed by atoms with Crippen LogP contribution in [0.2, 0.25) is 0 Å². The number of fused-ring (bicyclic) bond motifs is 2. The lowest BCUT2D eigenvalue weighted by Crippen LogP contribution is -2.20. The van der Waals surface area contributed by atoms with Crippen molar-refractivity contribution in [3.63, 3.8) is 0 Å². The largest absolute Gasteiger partial charge is 0.416 e. The molecular weight excluding hydrogens is 343 g/mol. The second kappa shape index (κ2) is 6.15. The lowest BCUT2D eigenvalue weighted by Gasteiger charge is -2.32. The summed E-state index contributed by atoms with van der Waals surface area (Å²) in [6.45, 7) is 0.521. The van der Waals surface area contributed by atoms with Gasteiger partial charge in [-0.2, -0.15) is 13.2 Å². The Morgan fingerprint density at radius 2 is 1.24 bits per heavy atom. The third-order valence-corrected chi connectivity index (χ3v) is 5.28. The molecule has 0 aromatic heterocycles. The number of benzene rings is 3. The Balaban J connectivity index is 1.71. The first-order valence-corrected chi connectivity index (χ1v) is 8.63. The van der Waals surface area contributed by atoms with Gasteiger partial charge in [0, 0.05) is 16.3 Å². The maximum Gasteiger partial charge on any atom is 0.416 e. The Kier molecular flexibility index (Phi) is 3.96. The van der Waals surface area contributed by atoms with Gasteiger partial charge < -0.3 is 4.90 Å². The molecule has 5 heteroatoms. The van der Waals surface area contributed by atoms with Gasteiger partial charge in [0.2, 0.25) is 0 Å². The van der Waals surface area contributed by atoms with Gasteiger partial charge in [-0.3, -0.25) is 0 Å². The van der Waals surface area contributed by atoms with E-state index in [1.165, 1.54) is 0 Å². The van der Waals surface area contributed by atoms with Crippen molar-refractivity contribution in [2.24, 2.45) is 0 Å². The molecule has 0 bridgehead atoms. The topological polar surface area (TPSA) is 3.24 Å². The second-order valence-corrected chi connectivity index (χ2v) is 6.90. The minimum atomic E-state index is -4.31. The van der Waals surface area contributed by atoms with Gasteiger partial charge in [-0.05, 0) is 42.0 Å². The molecule has 126 valence electrons. The number of anilines is 2. The van der Waals surface area contributed by atoms with Gasteiger partial charge >= 0.3 is 6.18 Å². The van der Waals surface area contributed by atoms with Crippen molar-refractivity contribution in [3.05, 3.63) is 83.9 Å². The molecule has 1 nitrogen and oxygen atoms in total. The molecule has 3 aromatic carbocycles. The summed E-state index contributed by atoms with van der Waals surface area (Å²) in [5, 5.41) is 0. The van der Waals surface area contributed by atoms with Crippen molar-refractivity contribution in [2.75, 3.05) is 4.90 Å². The first kappa shape index (κ1) is 16.1. The Bertz CT molecular complexity index is 858. The van der Waals surface area contributed by atoms with Crippen LogP contribution < -0.4 is 4.90 Å². The van der Waals surface area contributed by atoms with Crippen LogP contribution in [0.3, 0.4) is 0 Å². The first-order chi connectivity index (χ1) is 12.0. The van der Waals surface area contributed by atoms with E-state index >= 15 is 0 Å². The van der Waals surface area contributed by atoms with Crippen LogP contribution in [0.1, 0.15) is 11.1 Å². The van der Waals surface area contributed by atoms with Crippen molar-refractivity contribution in [3.8, 4) is 0 Å². The summed E-state index contributed by atoms with van der Waals surface area (Å²) in [6.07, 6.45) is -4.31. The summed E-state index contributed by atoms with van der Waals surface area (Å²) in [4.78, 5) is 4.45. The summed E-state index contributed by atoms with van der Waals surface area (Å²) in [7, 11) is 0. The van der Waals surface area contributed by atoms with Gasteiger partial charge in [-0.25, -0.2) is 0 Å². The molecule has 0 radical (unpaired) electrons. The Morgan fingerprint density at radius 3 is 1.76 bits per heavy atom. The molecule has 0 saturated heterocycles. The molecule has 0 spiro atoms. The van der Waals surface area contributed by atoms with Crippen LogP contribution in [-0.4, -0.2) is 0 Å². The van der Waals surface area contributed by atoms with Gasteiger partial charge in [0.1, 0.15) is 0 Å². The van der Waals surface area contributed by atoms with E-state index in [1.807, 2.05) is 36.4 Å². The molecule has 3 aromatic rings. The van der Waals surface area contributed by atoms with E-state index in [0.29, 0.717) is 6.54 Å². The number of hydrogen-bond donors (Lipinski definition) is 0. The zero-order chi connectivity index (χ0) is 17.4. The fourth-order valence-electron chi connectivity index (χ4n) is 2.93. The van der Waals surface area contributed by atoms with Gasteiger partial charge in [-0.15, -0.1) is 0 Å². The Morgan fingerprint density at radius 1 is 0.720 bits per heavy atom. The van der Waals surface area contributed by atoms with Crippen LogP contribution in [-0.2, 0) is 12.7 Å². The molecule has 0 N–H and O–H groups in total. The molecule has 0 saturated carbocycles. The molecule has 1 aliphatic heterocycles. The molecule has 0 aliphatic carbocycles. The zero-order valence-corrected chi connectivity index (χ0v) is 13.9. The van der Waals surface area contributed by atoms with Crippen molar-refractivity contribution in [1.82, 2.24) is 0 Å². The number of para-hydroxylation sites is 2. The molecule has 0 fully saturated rings. The highest BCUT2D eigenvalue weighted by atomic mass is 32.2. The molecule has 1 heterocycles. The predicted octanol–water partition coefficient (Wildman–Crippen LogP) is 6.51. The molecule has 0 amide bonds. The number of rotatable bonds is 2. The molecule has 4 rings (SSSR count). The Labute approximate surface area is 148 Å². The summed E-state index contributed by atoms with van der Waals surface area (Å²) in [5.41, 5.74) is 2.37.